The van der Waals surface area contributed by atoms with Gasteiger partial charge in [-0.1, -0.05) is 0 Å². The molecule has 0 bridgehead atoms. The van der Waals surface area contributed by atoms with E-state index in [-0.39, 0.29) is 6.04 Å². The summed E-state index contributed by atoms with van der Waals surface area (Å²) in [5.41, 5.74) is 3.70. The van der Waals surface area contributed by atoms with Crippen molar-refractivity contribution in [2.75, 3.05) is 30.9 Å². The number of aryl methyl sites for hydroxylation is 1. The SMILES string of the molecule is Cc1cc(-c2nsc3c(C(C)(C)S(C)(=O)=O)cc(N4CCOCC4C)nc23)n[nH]1. The summed E-state index contributed by atoms with van der Waals surface area (Å²) in [7, 11) is -3.37. The van der Waals surface area contributed by atoms with Crippen LogP contribution >= 0.6 is 11.5 Å². The van der Waals surface area contributed by atoms with E-state index in [2.05, 4.69) is 26.4 Å². The summed E-state index contributed by atoms with van der Waals surface area (Å²) in [6.45, 7) is 9.41. The number of nitrogens with zero attached hydrogens (tertiary/aromatic N) is 4. The molecule has 1 atom stereocenters. The van der Waals surface area contributed by atoms with E-state index in [4.69, 9.17) is 9.72 Å². The Morgan fingerprint density at radius 1 is 1.34 bits per heavy atom. The molecule has 3 aromatic heterocycles. The van der Waals surface area contributed by atoms with E-state index in [1.54, 1.807) is 13.8 Å². The summed E-state index contributed by atoms with van der Waals surface area (Å²) in [5.74, 6) is 0.744. The van der Waals surface area contributed by atoms with Crippen LogP contribution in [0.4, 0.5) is 5.82 Å². The minimum atomic E-state index is -3.37. The highest BCUT2D eigenvalue weighted by Gasteiger charge is 2.36. The fourth-order valence-electron chi connectivity index (χ4n) is 3.48. The van der Waals surface area contributed by atoms with Crippen molar-refractivity contribution in [3.63, 3.8) is 0 Å². The molecule has 0 saturated carbocycles. The van der Waals surface area contributed by atoms with Gasteiger partial charge >= 0.3 is 0 Å². The summed E-state index contributed by atoms with van der Waals surface area (Å²) in [5, 5.41) is 7.27. The summed E-state index contributed by atoms with van der Waals surface area (Å²) >= 11 is 1.27. The average Bonchev–Trinajstić information content (AvgIpc) is 3.26. The van der Waals surface area contributed by atoms with Crippen LogP contribution in [0.3, 0.4) is 0 Å². The van der Waals surface area contributed by atoms with Crippen LogP contribution in [0.5, 0.6) is 0 Å². The minimum Gasteiger partial charge on any atom is -0.377 e. The molecule has 4 heterocycles. The van der Waals surface area contributed by atoms with Gasteiger partial charge in [-0.15, -0.1) is 0 Å². The fourth-order valence-corrected chi connectivity index (χ4v) is 5.11. The lowest BCUT2D eigenvalue weighted by molar-refractivity contribution is 0.0985. The van der Waals surface area contributed by atoms with E-state index in [1.165, 1.54) is 17.8 Å². The van der Waals surface area contributed by atoms with Gasteiger partial charge in [0.2, 0.25) is 0 Å². The zero-order valence-corrected chi connectivity index (χ0v) is 18.8. The highest BCUT2D eigenvalue weighted by Crippen LogP contribution is 2.41. The van der Waals surface area contributed by atoms with Crippen molar-refractivity contribution >= 4 is 37.4 Å². The number of fused-ring (bicyclic) bond motifs is 1. The zero-order chi connectivity index (χ0) is 21.0. The van der Waals surface area contributed by atoms with Crippen LogP contribution in [-0.4, -0.2) is 60.0 Å². The molecule has 10 heteroatoms. The molecule has 156 valence electrons. The Kier molecular flexibility index (Phi) is 4.91. The summed E-state index contributed by atoms with van der Waals surface area (Å²) in [6.07, 6.45) is 1.27. The number of anilines is 1. The van der Waals surface area contributed by atoms with Crippen molar-refractivity contribution in [1.82, 2.24) is 19.6 Å². The molecule has 8 nitrogen and oxygen atoms in total. The average molecular weight is 436 g/mol. The number of morpholine rings is 1. The molecule has 0 aromatic carbocycles. The van der Waals surface area contributed by atoms with E-state index in [0.29, 0.717) is 36.7 Å². The van der Waals surface area contributed by atoms with Crippen molar-refractivity contribution in [2.45, 2.75) is 38.5 Å². The molecule has 1 aliphatic heterocycles. The molecule has 0 amide bonds. The van der Waals surface area contributed by atoms with E-state index in [1.807, 2.05) is 19.1 Å². The Morgan fingerprint density at radius 2 is 2.10 bits per heavy atom. The molecule has 0 aliphatic carbocycles. The number of ether oxygens (including phenoxy) is 1. The summed E-state index contributed by atoms with van der Waals surface area (Å²) < 4.78 is 35.1. The van der Waals surface area contributed by atoms with E-state index >= 15 is 0 Å². The molecular formula is C19H25N5O3S2. The smallest absolute Gasteiger partial charge is 0.156 e. The molecule has 4 rings (SSSR count). The van der Waals surface area contributed by atoms with Crippen molar-refractivity contribution < 1.29 is 13.2 Å². The van der Waals surface area contributed by atoms with Gasteiger partial charge in [-0.3, -0.25) is 5.10 Å². The number of aromatic amines is 1. The van der Waals surface area contributed by atoms with Gasteiger partial charge in [0, 0.05) is 18.5 Å². The molecule has 1 unspecified atom stereocenters. The van der Waals surface area contributed by atoms with Gasteiger partial charge in [0.1, 0.15) is 22.7 Å². The van der Waals surface area contributed by atoms with E-state index in [0.717, 1.165) is 21.8 Å². The minimum absolute atomic E-state index is 0.144. The first-order valence-corrected chi connectivity index (χ1v) is 12.1. The Labute approximate surface area is 174 Å². The lowest BCUT2D eigenvalue weighted by Gasteiger charge is -2.35. The maximum Gasteiger partial charge on any atom is 0.156 e. The Bertz CT molecular complexity index is 1170. The van der Waals surface area contributed by atoms with Gasteiger partial charge in [-0.25, -0.2) is 13.4 Å². The van der Waals surface area contributed by atoms with Crippen molar-refractivity contribution in [2.24, 2.45) is 0 Å². The van der Waals surface area contributed by atoms with E-state index < -0.39 is 14.6 Å². The van der Waals surface area contributed by atoms with Gasteiger partial charge in [0.05, 0.1) is 28.7 Å². The Morgan fingerprint density at radius 3 is 2.72 bits per heavy atom. The van der Waals surface area contributed by atoms with Gasteiger partial charge in [-0.2, -0.15) is 9.47 Å². The van der Waals surface area contributed by atoms with Crippen molar-refractivity contribution in [3.8, 4) is 11.4 Å². The lowest BCUT2D eigenvalue weighted by atomic mass is 10.0. The van der Waals surface area contributed by atoms with Crippen LogP contribution in [0.1, 0.15) is 32.0 Å². The molecule has 0 radical (unpaired) electrons. The first kappa shape index (κ1) is 20.2. The fraction of sp³-hybridized carbons (Fsp3) is 0.526. The van der Waals surface area contributed by atoms with Crippen LogP contribution < -0.4 is 4.90 Å². The Balaban J connectivity index is 1.99. The van der Waals surface area contributed by atoms with E-state index in [9.17, 15) is 8.42 Å². The standard InChI is InChI=1S/C19H25N5O3S2/c1-11-8-14(22-21-11)16-17-18(28-23-16)13(19(3,4)29(5,25)26)9-15(20-17)24-6-7-27-10-12(24)2/h8-9,12H,6-7,10H2,1-5H3,(H,21,22). The van der Waals surface area contributed by atoms with Crippen molar-refractivity contribution in [1.29, 1.82) is 0 Å². The van der Waals surface area contributed by atoms with Gasteiger partial charge in [0.15, 0.2) is 9.84 Å². The number of pyridine rings is 1. The van der Waals surface area contributed by atoms with Crippen molar-refractivity contribution in [3.05, 3.63) is 23.4 Å². The molecule has 1 saturated heterocycles. The highest BCUT2D eigenvalue weighted by atomic mass is 32.2. The predicted molar refractivity (Wildman–Crippen MR) is 115 cm³/mol. The van der Waals surface area contributed by atoms with Crippen LogP contribution in [0.25, 0.3) is 21.6 Å². The number of rotatable bonds is 4. The first-order chi connectivity index (χ1) is 13.6. The zero-order valence-electron chi connectivity index (χ0n) is 17.2. The third-order valence-corrected chi connectivity index (χ3v) is 8.54. The molecule has 1 N–H and O–H groups in total. The molecular weight excluding hydrogens is 410 g/mol. The van der Waals surface area contributed by atoms with Gasteiger partial charge in [0.25, 0.3) is 0 Å². The lowest BCUT2D eigenvalue weighted by Crippen LogP contribution is -2.44. The summed E-state index contributed by atoms with van der Waals surface area (Å²) in [4.78, 5) is 7.09. The third kappa shape index (κ3) is 3.43. The topological polar surface area (TPSA) is 101 Å². The number of nitrogens with one attached hydrogen (secondary N) is 1. The number of hydrogen-bond donors (Lipinski definition) is 1. The number of H-pyrrole nitrogens is 1. The monoisotopic (exact) mass is 435 g/mol. The van der Waals surface area contributed by atoms with Gasteiger partial charge < -0.3 is 9.64 Å². The molecule has 3 aromatic rings. The third-order valence-electron chi connectivity index (χ3n) is 5.60. The van der Waals surface area contributed by atoms with Crippen LogP contribution in [0.15, 0.2) is 12.1 Å². The summed E-state index contributed by atoms with van der Waals surface area (Å²) in [6, 6.07) is 3.97. The molecule has 0 spiro atoms. The second-order valence-corrected chi connectivity index (χ2v) is 11.4. The predicted octanol–water partition coefficient (Wildman–Crippen LogP) is 2.89. The maximum absolute atomic E-state index is 12.6. The quantitative estimate of drug-likeness (QED) is 0.672. The number of hydrogen-bond acceptors (Lipinski definition) is 8. The van der Waals surface area contributed by atoms with Crippen LogP contribution in [0.2, 0.25) is 0 Å². The Hall–Kier alpha value is -2.04. The van der Waals surface area contributed by atoms with Crippen LogP contribution in [0, 0.1) is 6.92 Å². The second-order valence-electron chi connectivity index (χ2n) is 8.07. The normalized spacial score (nSPS) is 18.5. The van der Waals surface area contributed by atoms with Crippen LogP contribution in [-0.2, 0) is 19.3 Å². The molecule has 29 heavy (non-hydrogen) atoms. The largest absolute Gasteiger partial charge is 0.377 e. The first-order valence-electron chi connectivity index (χ1n) is 9.47. The molecule has 1 fully saturated rings. The maximum atomic E-state index is 12.6. The van der Waals surface area contributed by atoms with Gasteiger partial charge in [-0.05, 0) is 56.9 Å². The second kappa shape index (κ2) is 7.03. The number of aromatic nitrogens is 4. The number of sulfone groups is 1. The molecule has 1 aliphatic rings. The highest BCUT2D eigenvalue weighted by molar-refractivity contribution is 7.91.